The second-order valence-electron chi connectivity index (χ2n) is 7.88. The Morgan fingerprint density at radius 1 is 1.06 bits per heavy atom. The molecule has 2 aromatic rings. The van der Waals surface area contributed by atoms with Crippen LogP contribution < -0.4 is 24.4 Å². The smallest absolute Gasteiger partial charge is 0.253 e. The van der Waals surface area contributed by atoms with Gasteiger partial charge in [-0.05, 0) is 44.5 Å². The first-order valence-corrected chi connectivity index (χ1v) is 12.6. The fourth-order valence-electron chi connectivity index (χ4n) is 3.41. The van der Waals surface area contributed by atoms with Gasteiger partial charge in [0.05, 0.1) is 23.2 Å². The molecule has 0 bridgehead atoms. The van der Waals surface area contributed by atoms with Crippen molar-refractivity contribution in [3.63, 3.8) is 0 Å². The largest absolute Gasteiger partial charge is 0.486 e. The van der Waals surface area contributed by atoms with Gasteiger partial charge in [0.1, 0.15) is 19.3 Å². The fraction of sp³-hybridized carbons (Fsp3) is 0.391. The lowest BCUT2D eigenvalue weighted by molar-refractivity contribution is -0.116. The van der Waals surface area contributed by atoms with Crippen LogP contribution in [-0.4, -0.2) is 51.8 Å². The Hall–Kier alpha value is -3.27. The molecular weight excluding hydrogens is 446 g/mol. The van der Waals surface area contributed by atoms with Crippen LogP contribution in [0.4, 0.5) is 11.4 Å². The molecule has 2 aromatic carbocycles. The molecule has 0 unspecified atom stereocenters. The normalized spacial score (nSPS) is 14.7. The van der Waals surface area contributed by atoms with Crippen molar-refractivity contribution < 1.29 is 27.5 Å². The first kappa shape index (κ1) is 24.4. The molecule has 0 saturated carbocycles. The summed E-state index contributed by atoms with van der Waals surface area (Å²) >= 11 is 0. The molecule has 1 aliphatic heterocycles. The Bertz CT molecular complexity index is 1130. The van der Waals surface area contributed by atoms with E-state index < -0.39 is 22.0 Å². The first-order valence-electron chi connectivity index (χ1n) is 10.7. The van der Waals surface area contributed by atoms with E-state index in [0.717, 1.165) is 17.0 Å². The van der Waals surface area contributed by atoms with Crippen LogP contribution in [0, 0.1) is 0 Å². The van der Waals surface area contributed by atoms with Crippen molar-refractivity contribution in [2.75, 3.05) is 29.1 Å². The molecule has 10 heteroatoms. The molecule has 0 aromatic heterocycles. The van der Waals surface area contributed by atoms with E-state index in [0.29, 0.717) is 36.0 Å². The maximum Gasteiger partial charge on any atom is 0.253 e. The third kappa shape index (κ3) is 5.75. The third-order valence-corrected chi connectivity index (χ3v) is 6.53. The fourth-order valence-corrected chi connectivity index (χ4v) is 4.58. The van der Waals surface area contributed by atoms with Gasteiger partial charge in [-0.25, -0.2) is 8.42 Å². The van der Waals surface area contributed by atoms with Crippen molar-refractivity contribution in [1.82, 2.24) is 5.32 Å². The summed E-state index contributed by atoms with van der Waals surface area (Å²) < 4.78 is 37.3. The van der Waals surface area contributed by atoms with Crippen molar-refractivity contribution in [2.24, 2.45) is 0 Å². The zero-order valence-electron chi connectivity index (χ0n) is 19.1. The minimum atomic E-state index is -3.83. The van der Waals surface area contributed by atoms with Crippen LogP contribution in [0.1, 0.15) is 37.6 Å². The summed E-state index contributed by atoms with van der Waals surface area (Å²) in [6, 6.07) is 10.2. The number of rotatable bonds is 8. The summed E-state index contributed by atoms with van der Waals surface area (Å²) in [6.45, 7) is 6.08. The molecule has 2 N–H and O–H groups in total. The second-order valence-corrected chi connectivity index (χ2v) is 9.74. The van der Waals surface area contributed by atoms with Gasteiger partial charge < -0.3 is 20.1 Å². The Balaban J connectivity index is 1.87. The summed E-state index contributed by atoms with van der Waals surface area (Å²) in [5, 5.41) is 5.57. The summed E-state index contributed by atoms with van der Waals surface area (Å²) in [7, 11) is -3.83. The Morgan fingerprint density at radius 2 is 1.73 bits per heavy atom. The first-order chi connectivity index (χ1) is 15.6. The topological polar surface area (TPSA) is 114 Å². The maximum absolute atomic E-state index is 13.1. The molecule has 178 valence electrons. The van der Waals surface area contributed by atoms with Gasteiger partial charge in [0.15, 0.2) is 11.5 Å². The molecule has 2 amide bonds. The number of hydrogen-bond donors (Lipinski definition) is 2. The number of fused-ring (bicyclic) bond motifs is 1. The lowest BCUT2D eigenvalue weighted by Gasteiger charge is -2.29. The van der Waals surface area contributed by atoms with Gasteiger partial charge in [0.2, 0.25) is 15.9 Å². The van der Waals surface area contributed by atoms with E-state index in [1.807, 2.05) is 13.8 Å². The molecule has 0 aliphatic carbocycles. The van der Waals surface area contributed by atoms with Gasteiger partial charge in [-0.2, -0.15) is 0 Å². The molecule has 2 atom stereocenters. The molecule has 9 nitrogen and oxygen atoms in total. The highest BCUT2D eigenvalue weighted by atomic mass is 32.2. The number of benzene rings is 2. The van der Waals surface area contributed by atoms with E-state index in [1.165, 1.54) is 13.0 Å². The van der Waals surface area contributed by atoms with Gasteiger partial charge in [-0.15, -0.1) is 0 Å². The lowest BCUT2D eigenvalue weighted by Crippen LogP contribution is -2.45. The number of sulfonamides is 1. The lowest BCUT2D eigenvalue weighted by atomic mass is 10.1. The predicted octanol–water partition coefficient (Wildman–Crippen LogP) is 2.78. The van der Waals surface area contributed by atoms with Crippen LogP contribution in [0.15, 0.2) is 42.5 Å². The van der Waals surface area contributed by atoms with Crippen LogP contribution in [0.25, 0.3) is 0 Å². The van der Waals surface area contributed by atoms with Gasteiger partial charge >= 0.3 is 0 Å². The number of para-hydroxylation sites is 1. The van der Waals surface area contributed by atoms with E-state index in [2.05, 4.69) is 10.6 Å². The Labute approximate surface area is 194 Å². The highest BCUT2D eigenvalue weighted by Crippen LogP contribution is 2.35. The van der Waals surface area contributed by atoms with E-state index in [9.17, 15) is 18.0 Å². The average molecular weight is 476 g/mol. The second kappa shape index (κ2) is 10.1. The van der Waals surface area contributed by atoms with Crippen molar-refractivity contribution >= 4 is 33.2 Å². The molecule has 0 saturated heterocycles. The number of carbonyl (C=O) groups excluding carboxylic acids is 2. The monoisotopic (exact) mass is 475 g/mol. The molecule has 1 heterocycles. The van der Waals surface area contributed by atoms with E-state index in [-0.39, 0.29) is 17.6 Å². The number of carbonyl (C=O) groups is 2. The number of anilines is 2. The molecular formula is C23H29N3O6S. The zero-order valence-corrected chi connectivity index (χ0v) is 19.9. The Kier molecular flexibility index (Phi) is 7.47. The van der Waals surface area contributed by atoms with Crippen molar-refractivity contribution in [3.8, 4) is 11.5 Å². The number of hydrogen-bond acceptors (Lipinski definition) is 6. The zero-order chi connectivity index (χ0) is 24.2. The van der Waals surface area contributed by atoms with Crippen molar-refractivity contribution in [3.05, 3.63) is 48.0 Å². The molecule has 33 heavy (non-hydrogen) atoms. The number of nitrogens with zero attached hydrogens (tertiary/aromatic N) is 1. The number of nitrogens with one attached hydrogen (secondary N) is 2. The van der Waals surface area contributed by atoms with Gasteiger partial charge in [-0.1, -0.05) is 19.1 Å². The molecule has 0 radical (unpaired) electrons. The highest BCUT2D eigenvalue weighted by Gasteiger charge is 2.31. The minimum absolute atomic E-state index is 0.0314. The Morgan fingerprint density at radius 3 is 2.39 bits per heavy atom. The minimum Gasteiger partial charge on any atom is -0.486 e. The van der Waals surface area contributed by atoms with E-state index in [4.69, 9.17) is 9.47 Å². The molecule has 0 spiro atoms. The quantitative estimate of drug-likeness (QED) is 0.607. The highest BCUT2D eigenvalue weighted by molar-refractivity contribution is 7.92. The summed E-state index contributed by atoms with van der Waals surface area (Å²) in [4.78, 5) is 25.8. The SMILES string of the molecule is CC[C@H](C)NC(=O)c1ccccc1NC(=O)[C@H](C)N(c1ccc2c(c1)OCCO2)S(C)(=O)=O. The van der Waals surface area contributed by atoms with Crippen LogP contribution in [0.3, 0.4) is 0 Å². The molecule has 3 rings (SSSR count). The van der Waals surface area contributed by atoms with Gasteiger partial charge in [0.25, 0.3) is 5.91 Å². The van der Waals surface area contributed by atoms with Crippen molar-refractivity contribution in [2.45, 2.75) is 39.3 Å². The number of amides is 2. The average Bonchev–Trinajstić information content (AvgIpc) is 2.78. The van der Waals surface area contributed by atoms with E-state index >= 15 is 0 Å². The van der Waals surface area contributed by atoms with Crippen LogP contribution in [-0.2, 0) is 14.8 Å². The predicted molar refractivity (Wildman–Crippen MR) is 127 cm³/mol. The summed E-state index contributed by atoms with van der Waals surface area (Å²) in [5.41, 5.74) is 0.863. The standard InChI is InChI=1S/C23H29N3O6S/c1-5-15(2)24-23(28)18-8-6-7-9-19(18)25-22(27)16(3)26(33(4,29)30)17-10-11-20-21(14-17)32-13-12-31-20/h6-11,14-16H,5,12-13H2,1-4H3,(H,24,28)(H,25,27)/t15-,16-/m0/s1. The molecule has 1 aliphatic rings. The van der Waals surface area contributed by atoms with Gasteiger partial charge in [0, 0.05) is 12.1 Å². The van der Waals surface area contributed by atoms with Crippen LogP contribution >= 0.6 is 0 Å². The van der Waals surface area contributed by atoms with Crippen molar-refractivity contribution in [1.29, 1.82) is 0 Å². The van der Waals surface area contributed by atoms with Crippen LogP contribution in [0.2, 0.25) is 0 Å². The van der Waals surface area contributed by atoms with E-state index in [1.54, 1.807) is 36.4 Å². The summed E-state index contributed by atoms with van der Waals surface area (Å²) in [5.74, 6) is 0.0164. The molecule has 0 fully saturated rings. The third-order valence-electron chi connectivity index (χ3n) is 5.29. The number of ether oxygens (including phenoxy) is 2. The maximum atomic E-state index is 13.1. The van der Waals surface area contributed by atoms with Gasteiger partial charge in [-0.3, -0.25) is 13.9 Å². The van der Waals surface area contributed by atoms with Crippen LogP contribution in [0.5, 0.6) is 11.5 Å². The summed E-state index contributed by atoms with van der Waals surface area (Å²) in [6.07, 6.45) is 1.79.